The normalized spacial score (nSPS) is 10.5. The van der Waals surface area contributed by atoms with Gasteiger partial charge in [-0.2, -0.15) is 4.98 Å². The van der Waals surface area contributed by atoms with Gasteiger partial charge in [0.2, 0.25) is 11.8 Å². The fourth-order valence-corrected chi connectivity index (χ4v) is 1.81. The van der Waals surface area contributed by atoms with E-state index in [4.69, 9.17) is 9.15 Å². The number of methoxy groups -OCH3 is 1. The maximum Gasteiger partial charge on any atom is 0.251 e. The molecular weight excluding hydrogens is 272 g/mol. The molecule has 1 amide bonds. The highest BCUT2D eigenvalue weighted by Gasteiger charge is 2.10. The van der Waals surface area contributed by atoms with E-state index in [1.807, 2.05) is 0 Å². The number of fused-ring (bicyclic) bond motifs is 1. The molecule has 0 radical (unpaired) electrons. The van der Waals surface area contributed by atoms with E-state index in [-0.39, 0.29) is 12.5 Å². The van der Waals surface area contributed by atoms with Gasteiger partial charge in [-0.15, -0.1) is 0 Å². The van der Waals surface area contributed by atoms with E-state index >= 15 is 0 Å². The van der Waals surface area contributed by atoms with Crippen molar-refractivity contribution in [2.75, 3.05) is 7.11 Å². The van der Waals surface area contributed by atoms with Crippen molar-refractivity contribution in [1.82, 2.24) is 20.3 Å². The Bertz CT molecular complexity index is 751. The number of rotatable bonds is 4. The number of nitrogens with one attached hydrogen (secondary N) is 1. The molecule has 0 aliphatic rings. The van der Waals surface area contributed by atoms with Gasteiger partial charge in [0.25, 0.3) is 5.91 Å². The molecule has 0 bridgehead atoms. The number of hydrogen-bond donors (Lipinski definition) is 1. The first-order valence-corrected chi connectivity index (χ1v) is 6.25. The molecule has 0 saturated heterocycles. The van der Waals surface area contributed by atoms with Crippen molar-refractivity contribution >= 4 is 17.1 Å². The molecule has 1 N–H and O–H groups in total. The van der Waals surface area contributed by atoms with E-state index in [0.29, 0.717) is 28.6 Å². The number of nitrogens with zero attached hydrogens (tertiary/aromatic N) is 3. The molecule has 0 atom stereocenters. The predicted molar refractivity (Wildman–Crippen MR) is 73.8 cm³/mol. The highest BCUT2D eigenvalue weighted by atomic mass is 16.5. The van der Waals surface area contributed by atoms with Gasteiger partial charge in [-0.25, -0.2) is 9.97 Å². The average Bonchev–Trinajstić information content (AvgIpc) is 2.95. The zero-order chi connectivity index (χ0) is 14.7. The monoisotopic (exact) mass is 284 g/mol. The van der Waals surface area contributed by atoms with Gasteiger partial charge in [0.15, 0.2) is 11.2 Å². The highest BCUT2D eigenvalue weighted by molar-refractivity contribution is 5.94. The average molecular weight is 284 g/mol. The zero-order valence-electron chi connectivity index (χ0n) is 11.2. The second-order valence-electron chi connectivity index (χ2n) is 4.20. The summed E-state index contributed by atoms with van der Waals surface area (Å²) in [5, 5.41) is 2.72. The molecule has 0 fully saturated rings. The summed E-state index contributed by atoms with van der Waals surface area (Å²) in [6.45, 7) is 0.180. The van der Waals surface area contributed by atoms with Crippen LogP contribution in [0.1, 0.15) is 16.2 Å². The Labute approximate surface area is 120 Å². The minimum absolute atomic E-state index is 0.180. The van der Waals surface area contributed by atoms with E-state index < -0.39 is 0 Å². The van der Waals surface area contributed by atoms with Crippen LogP contribution in [0.3, 0.4) is 0 Å². The van der Waals surface area contributed by atoms with Gasteiger partial charge in [0.05, 0.1) is 13.7 Å². The second-order valence-corrected chi connectivity index (χ2v) is 4.20. The fraction of sp³-hybridized carbons (Fsp3) is 0.143. The number of carbonyl (C=O) groups excluding carboxylic acids is 1. The zero-order valence-corrected chi connectivity index (χ0v) is 11.2. The second kappa shape index (κ2) is 5.58. The molecule has 3 aromatic rings. The number of oxazole rings is 1. The topological polar surface area (TPSA) is 90.1 Å². The molecule has 21 heavy (non-hydrogen) atoms. The number of ether oxygens (including phenoxy) is 1. The first-order valence-electron chi connectivity index (χ1n) is 6.25. The van der Waals surface area contributed by atoms with Crippen LogP contribution in [0.15, 0.2) is 41.1 Å². The molecule has 0 aromatic carbocycles. The van der Waals surface area contributed by atoms with Crippen molar-refractivity contribution in [3.63, 3.8) is 0 Å². The Morgan fingerprint density at radius 3 is 3.05 bits per heavy atom. The first-order chi connectivity index (χ1) is 10.3. The van der Waals surface area contributed by atoms with E-state index in [1.54, 1.807) is 30.5 Å². The van der Waals surface area contributed by atoms with Crippen molar-refractivity contribution in [1.29, 1.82) is 0 Å². The van der Waals surface area contributed by atoms with Gasteiger partial charge in [-0.05, 0) is 18.2 Å². The van der Waals surface area contributed by atoms with Crippen LogP contribution >= 0.6 is 0 Å². The van der Waals surface area contributed by atoms with Gasteiger partial charge >= 0.3 is 0 Å². The van der Waals surface area contributed by atoms with Gasteiger partial charge in [0, 0.05) is 24.0 Å². The minimum Gasteiger partial charge on any atom is -0.481 e. The number of carbonyl (C=O) groups is 1. The summed E-state index contributed by atoms with van der Waals surface area (Å²) in [5.41, 5.74) is 1.57. The lowest BCUT2D eigenvalue weighted by atomic mass is 10.2. The molecule has 3 aromatic heterocycles. The number of amides is 1. The molecule has 7 heteroatoms. The maximum atomic E-state index is 12.0. The van der Waals surface area contributed by atoms with Crippen molar-refractivity contribution < 1.29 is 13.9 Å². The number of hydrogen-bond acceptors (Lipinski definition) is 6. The molecular formula is C14H12N4O3. The molecule has 0 spiro atoms. The molecule has 7 nitrogen and oxygen atoms in total. The van der Waals surface area contributed by atoms with E-state index in [2.05, 4.69) is 20.3 Å². The summed E-state index contributed by atoms with van der Waals surface area (Å²) < 4.78 is 10.5. The lowest BCUT2D eigenvalue weighted by molar-refractivity contribution is 0.0947. The summed E-state index contributed by atoms with van der Waals surface area (Å²) in [5.74, 6) is 0.526. The van der Waals surface area contributed by atoms with Gasteiger partial charge < -0.3 is 14.5 Å². The standard InChI is InChI=1S/C14H12N4O3/c1-20-11-7-9(4-6-15-11)14(19)17-8-12-18-13-10(21-12)3-2-5-16-13/h2-7H,8H2,1H3,(H,17,19). The molecule has 0 aliphatic carbocycles. The van der Waals surface area contributed by atoms with Crippen LogP contribution in [0.25, 0.3) is 11.2 Å². The molecule has 3 heterocycles. The van der Waals surface area contributed by atoms with Crippen LogP contribution in [0.2, 0.25) is 0 Å². The van der Waals surface area contributed by atoms with E-state index in [1.165, 1.54) is 13.3 Å². The smallest absolute Gasteiger partial charge is 0.251 e. The van der Waals surface area contributed by atoms with Crippen LogP contribution in [0.4, 0.5) is 0 Å². The lowest BCUT2D eigenvalue weighted by Gasteiger charge is -2.04. The number of aromatic nitrogens is 3. The molecule has 0 unspecified atom stereocenters. The molecule has 0 aliphatic heterocycles. The van der Waals surface area contributed by atoms with Crippen molar-refractivity contribution in [3.8, 4) is 5.88 Å². The predicted octanol–water partition coefficient (Wildman–Crippen LogP) is 1.56. The van der Waals surface area contributed by atoms with Crippen molar-refractivity contribution in [3.05, 3.63) is 48.1 Å². The Balaban J connectivity index is 1.70. The Hall–Kier alpha value is -2.96. The SMILES string of the molecule is COc1cc(C(=O)NCc2nc3ncccc3o2)ccn1. The van der Waals surface area contributed by atoms with Gasteiger partial charge in [-0.1, -0.05) is 0 Å². The Morgan fingerprint density at radius 1 is 1.33 bits per heavy atom. The molecule has 106 valence electrons. The molecule has 0 saturated carbocycles. The fourth-order valence-electron chi connectivity index (χ4n) is 1.81. The van der Waals surface area contributed by atoms with Gasteiger partial charge in [-0.3, -0.25) is 4.79 Å². The minimum atomic E-state index is -0.258. The van der Waals surface area contributed by atoms with E-state index in [9.17, 15) is 4.79 Å². The van der Waals surface area contributed by atoms with Crippen molar-refractivity contribution in [2.24, 2.45) is 0 Å². The molecule has 3 rings (SSSR count). The maximum absolute atomic E-state index is 12.0. The van der Waals surface area contributed by atoms with Crippen molar-refractivity contribution in [2.45, 2.75) is 6.54 Å². The van der Waals surface area contributed by atoms with Crippen LogP contribution in [0.5, 0.6) is 5.88 Å². The van der Waals surface area contributed by atoms with Crippen LogP contribution in [-0.4, -0.2) is 28.0 Å². The quantitative estimate of drug-likeness (QED) is 0.781. The van der Waals surface area contributed by atoms with Crippen LogP contribution in [0, 0.1) is 0 Å². The summed E-state index contributed by atoms with van der Waals surface area (Å²) in [6.07, 6.45) is 3.15. The third-order valence-corrected chi connectivity index (χ3v) is 2.82. The summed E-state index contributed by atoms with van der Waals surface area (Å²) in [4.78, 5) is 24.2. The van der Waals surface area contributed by atoms with Gasteiger partial charge in [0.1, 0.15) is 0 Å². The Morgan fingerprint density at radius 2 is 2.24 bits per heavy atom. The first kappa shape index (κ1) is 13.0. The summed E-state index contributed by atoms with van der Waals surface area (Å²) in [6, 6.07) is 6.70. The third-order valence-electron chi connectivity index (χ3n) is 2.82. The number of pyridine rings is 2. The Kier molecular flexibility index (Phi) is 3.46. The van der Waals surface area contributed by atoms with E-state index in [0.717, 1.165) is 0 Å². The largest absolute Gasteiger partial charge is 0.481 e. The highest BCUT2D eigenvalue weighted by Crippen LogP contribution is 2.12. The van der Waals surface area contributed by atoms with Crippen LogP contribution in [-0.2, 0) is 6.54 Å². The third kappa shape index (κ3) is 2.81. The summed E-state index contributed by atoms with van der Waals surface area (Å²) >= 11 is 0. The van der Waals surface area contributed by atoms with Crippen LogP contribution < -0.4 is 10.1 Å². The summed E-state index contributed by atoms with van der Waals surface area (Å²) in [7, 11) is 1.50. The lowest BCUT2D eigenvalue weighted by Crippen LogP contribution is -2.23.